The maximum Gasteiger partial charge on any atom is 0.408 e. The minimum absolute atomic E-state index is 0.0196. The van der Waals surface area contributed by atoms with Crippen molar-refractivity contribution in [3.05, 3.63) is 35.4 Å². The largest absolute Gasteiger partial charge is 0.444 e. The van der Waals surface area contributed by atoms with Crippen molar-refractivity contribution >= 4 is 30.5 Å². The molecule has 1 aromatic rings. The molecule has 2 unspecified atom stereocenters. The number of terminal acetylenes is 1. The molecule has 7 nitrogen and oxygen atoms in total. The van der Waals surface area contributed by atoms with Gasteiger partial charge < -0.3 is 15.4 Å². The van der Waals surface area contributed by atoms with E-state index in [-0.39, 0.29) is 11.7 Å². The summed E-state index contributed by atoms with van der Waals surface area (Å²) in [6.07, 6.45) is 6.62. The molecule has 0 aliphatic rings. The van der Waals surface area contributed by atoms with Crippen LogP contribution in [0.25, 0.3) is 0 Å². The second kappa shape index (κ2) is 12.3. The molecule has 0 bridgehead atoms. The molecule has 8 heteroatoms. The highest BCUT2D eigenvalue weighted by Crippen LogP contribution is 2.23. The van der Waals surface area contributed by atoms with Crippen LogP contribution in [0.2, 0.25) is 0 Å². The number of benzene rings is 1. The molecule has 0 aliphatic heterocycles. The van der Waals surface area contributed by atoms with Gasteiger partial charge in [-0.15, -0.1) is 0 Å². The van der Waals surface area contributed by atoms with Crippen LogP contribution < -0.4 is 10.6 Å². The van der Waals surface area contributed by atoms with E-state index in [1.54, 1.807) is 39.0 Å². The summed E-state index contributed by atoms with van der Waals surface area (Å²) in [5.41, 5.74) is 0.768. The van der Waals surface area contributed by atoms with Crippen LogP contribution in [0.15, 0.2) is 24.3 Å². The first-order valence-corrected chi connectivity index (χ1v) is 10.9. The Bertz CT molecular complexity index is 814. The quantitative estimate of drug-likeness (QED) is 0.235. The van der Waals surface area contributed by atoms with Gasteiger partial charge in [-0.2, -0.15) is 12.6 Å². The lowest BCUT2D eigenvalue weighted by Crippen LogP contribution is -2.52. The zero-order valence-electron chi connectivity index (χ0n) is 18.9. The Morgan fingerprint density at radius 1 is 1.29 bits per heavy atom. The van der Waals surface area contributed by atoms with Gasteiger partial charge in [-0.3, -0.25) is 14.5 Å². The lowest BCUT2D eigenvalue weighted by molar-refractivity contribution is -0.138. The van der Waals surface area contributed by atoms with Crippen molar-refractivity contribution < 1.29 is 19.1 Å². The number of nitrogens with zero attached hydrogens (tertiary/aromatic N) is 1. The maximum atomic E-state index is 13.2. The number of hydrogen-bond acceptors (Lipinski definition) is 5. The number of alkyl carbamates (subject to hydrolysis) is 1. The minimum atomic E-state index is -1.06. The summed E-state index contributed by atoms with van der Waals surface area (Å²) < 4.78 is 5.22. The van der Waals surface area contributed by atoms with E-state index in [9.17, 15) is 14.4 Å². The molecule has 0 spiro atoms. The number of aryl methyl sites for hydroxylation is 1. The van der Waals surface area contributed by atoms with Gasteiger partial charge >= 0.3 is 6.09 Å². The zero-order chi connectivity index (χ0) is 23.6. The van der Waals surface area contributed by atoms with Crippen molar-refractivity contribution in [2.45, 2.75) is 65.1 Å². The average Bonchev–Trinajstić information content (AvgIpc) is 2.68. The Kier molecular flexibility index (Phi) is 10.4. The summed E-state index contributed by atoms with van der Waals surface area (Å²) in [4.78, 5) is 39.4. The molecule has 0 aromatic heterocycles. The van der Waals surface area contributed by atoms with Gasteiger partial charge in [0.05, 0.1) is 0 Å². The number of carbonyl (C=O) groups excluding carboxylic acids is 3. The highest BCUT2D eigenvalue weighted by molar-refractivity contribution is 7.80. The SMILES string of the molecule is C#CN(C(=O)C(CS)NC(=O)OC(C)(C)C)C(C(=O)NCCCC)c1cccc(C)c1. The summed E-state index contributed by atoms with van der Waals surface area (Å²) in [6, 6.07) is 7.45. The summed E-state index contributed by atoms with van der Waals surface area (Å²) in [5.74, 6) is -1.03. The summed E-state index contributed by atoms with van der Waals surface area (Å²) >= 11 is 4.18. The fourth-order valence-corrected chi connectivity index (χ4v) is 3.06. The number of thiol groups is 1. The normalized spacial score (nSPS) is 12.8. The second-order valence-corrected chi connectivity index (χ2v) is 8.55. The highest BCUT2D eigenvalue weighted by Gasteiger charge is 2.35. The van der Waals surface area contributed by atoms with E-state index in [4.69, 9.17) is 11.2 Å². The Balaban J connectivity index is 3.20. The third-order valence-electron chi connectivity index (χ3n) is 4.24. The molecule has 2 atom stereocenters. The molecule has 3 amide bonds. The van der Waals surface area contributed by atoms with Crippen LogP contribution in [-0.2, 0) is 14.3 Å². The van der Waals surface area contributed by atoms with E-state index < -0.39 is 29.7 Å². The molecule has 0 saturated carbocycles. The van der Waals surface area contributed by atoms with Crippen molar-refractivity contribution in [3.63, 3.8) is 0 Å². The topological polar surface area (TPSA) is 87.7 Å². The number of carbonyl (C=O) groups is 3. The van der Waals surface area contributed by atoms with E-state index in [1.165, 1.54) is 0 Å². The Labute approximate surface area is 190 Å². The van der Waals surface area contributed by atoms with Crippen molar-refractivity contribution in [1.82, 2.24) is 15.5 Å². The Morgan fingerprint density at radius 3 is 2.48 bits per heavy atom. The molecule has 0 radical (unpaired) electrons. The zero-order valence-corrected chi connectivity index (χ0v) is 19.8. The van der Waals surface area contributed by atoms with E-state index in [0.29, 0.717) is 12.1 Å². The van der Waals surface area contributed by atoms with E-state index in [2.05, 4.69) is 29.3 Å². The smallest absolute Gasteiger partial charge is 0.408 e. The number of nitrogens with one attached hydrogen (secondary N) is 2. The van der Waals surface area contributed by atoms with Gasteiger partial charge in [0.25, 0.3) is 5.91 Å². The predicted molar refractivity (Wildman–Crippen MR) is 125 cm³/mol. The average molecular weight is 448 g/mol. The molecule has 0 aliphatic carbocycles. The summed E-state index contributed by atoms with van der Waals surface area (Å²) in [5, 5.41) is 5.33. The lowest BCUT2D eigenvalue weighted by atomic mass is 10.0. The van der Waals surface area contributed by atoms with Crippen LogP contribution in [0, 0.1) is 19.4 Å². The molecule has 31 heavy (non-hydrogen) atoms. The van der Waals surface area contributed by atoms with Crippen molar-refractivity contribution in [2.75, 3.05) is 12.3 Å². The van der Waals surface area contributed by atoms with Gasteiger partial charge in [0.15, 0.2) is 0 Å². The first-order chi connectivity index (χ1) is 14.5. The van der Waals surface area contributed by atoms with Crippen LogP contribution in [0.5, 0.6) is 0 Å². The van der Waals surface area contributed by atoms with Gasteiger partial charge in [-0.05, 0) is 39.7 Å². The van der Waals surface area contributed by atoms with Crippen molar-refractivity contribution in [1.29, 1.82) is 0 Å². The standard InChI is InChI=1S/C23H33N3O4S/c1-7-9-13-24-20(27)19(17-12-10-11-16(3)14-17)26(8-2)21(28)18(15-31)25-22(29)30-23(4,5)6/h2,10-12,14,18-19,31H,7,9,13,15H2,1,3-6H3,(H,24,27)(H,25,29). The number of hydrogen-bond donors (Lipinski definition) is 3. The molecule has 1 aromatic carbocycles. The first-order valence-electron chi connectivity index (χ1n) is 10.3. The molecule has 0 fully saturated rings. The fraction of sp³-hybridized carbons (Fsp3) is 0.522. The molecule has 0 saturated heterocycles. The van der Waals surface area contributed by atoms with Crippen molar-refractivity contribution in [2.24, 2.45) is 0 Å². The van der Waals surface area contributed by atoms with Gasteiger partial charge in [0.2, 0.25) is 5.91 Å². The van der Waals surface area contributed by atoms with E-state index in [0.717, 1.165) is 23.3 Å². The lowest BCUT2D eigenvalue weighted by Gasteiger charge is -2.30. The van der Waals surface area contributed by atoms with Gasteiger partial charge in [0.1, 0.15) is 17.7 Å². The van der Waals surface area contributed by atoms with Crippen LogP contribution in [0.4, 0.5) is 4.79 Å². The number of ether oxygens (including phenoxy) is 1. The molecule has 170 valence electrons. The van der Waals surface area contributed by atoms with Gasteiger partial charge in [0, 0.05) is 18.3 Å². The number of rotatable bonds is 9. The van der Waals surface area contributed by atoms with Crippen LogP contribution in [0.3, 0.4) is 0 Å². The van der Waals surface area contributed by atoms with Gasteiger partial charge in [-0.1, -0.05) is 49.6 Å². The summed E-state index contributed by atoms with van der Waals surface area (Å²) in [7, 11) is 0. The van der Waals surface area contributed by atoms with E-state index in [1.807, 2.05) is 19.9 Å². The molecule has 2 N–H and O–H groups in total. The second-order valence-electron chi connectivity index (χ2n) is 8.18. The predicted octanol–water partition coefficient (Wildman–Crippen LogP) is 3.19. The van der Waals surface area contributed by atoms with Gasteiger partial charge in [-0.25, -0.2) is 4.79 Å². The molecular weight excluding hydrogens is 414 g/mol. The number of amides is 3. The molecular formula is C23H33N3O4S. The highest BCUT2D eigenvalue weighted by atomic mass is 32.1. The number of unbranched alkanes of at least 4 members (excludes halogenated alkanes) is 1. The third-order valence-corrected chi connectivity index (χ3v) is 4.61. The van der Waals surface area contributed by atoms with E-state index >= 15 is 0 Å². The molecule has 0 heterocycles. The van der Waals surface area contributed by atoms with Crippen LogP contribution in [-0.4, -0.2) is 46.7 Å². The minimum Gasteiger partial charge on any atom is -0.444 e. The maximum absolute atomic E-state index is 13.2. The first kappa shape index (κ1) is 26.4. The summed E-state index contributed by atoms with van der Waals surface area (Å²) in [6.45, 7) is 9.51. The fourth-order valence-electron chi connectivity index (χ4n) is 2.81. The van der Waals surface area contributed by atoms with Crippen LogP contribution >= 0.6 is 12.6 Å². The third kappa shape index (κ3) is 8.54. The van der Waals surface area contributed by atoms with Crippen LogP contribution in [0.1, 0.15) is 57.7 Å². The Morgan fingerprint density at radius 2 is 1.97 bits per heavy atom. The van der Waals surface area contributed by atoms with Crippen molar-refractivity contribution in [3.8, 4) is 12.5 Å². The monoisotopic (exact) mass is 447 g/mol. The Hall–Kier alpha value is -2.66. The molecule has 1 rings (SSSR count).